The Morgan fingerprint density at radius 3 is 2.00 bits per heavy atom. The average molecular weight is 377 g/mol. The Labute approximate surface area is 162 Å². The van der Waals surface area contributed by atoms with Gasteiger partial charge in [-0.3, -0.25) is 4.79 Å². The minimum absolute atomic E-state index is 0.192. The number of phenolic OH excluding ortho intramolecular Hbond substituents is 1. The van der Waals surface area contributed by atoms with Crippen molar-refractivity contribution in [3.8, 4) is 22.6 Å². The minimum atomic E-state index is -0.581. The van der Waals surface area contributed by atoms with Crippen LogP contribution in [0, 0.1) is 0 Å². The number of amides is 1. The molecule has 1 amide bonds. The van der Waals surface area contributed by atoms with Crippen molar-refractivity contribution in [2.75, 3.05) is 19.0 Å². The van der Waals surface area contributed by atoms with Crippen LogP contribution in [0.3, 0.4) is 0 Å². The Morgan fingerprint density at radius 1 is 0.857 bits per heavy atom. The van der Waals surface area contributed by atoms with E-state index >= 15 is 0 Å². The summed E-state index contributed by atoms with van der Waals surface area (Å²) in [5.41, 5.74) is 2.74. The SMILES string of the molecule is COc1ccc(NC(=O)COC(=O)c2ccc(-c3ccc(O)cc3)cc2)cc1. The normalized spacial score (nSPS) is 10.2. The number of nitrogens with one attached hydrogen (secondary N) is 1. The maximum absolute atomic E-state index is 12.1. The van der Waals surface area contributed by atoms with Crippen LogP contribution in [-0.4, -0.2) is 30.7 Å². The molecule has 3 aromatic rings. The average Bonchev–Trinajstić information content (AvgIpc) is 2.73. The molecular weight excluding hydrogens is 358 g/mol. The van der Waals surface area contributed by atoms with Crippen LogP contribution in [0.5, 0.6) is 11.5 Å². The fraction of sp³-hybridized carbons (Fsp3) is 0.0909. The van der Waals surface area contributed by atoms with Crippen molar-refractivity contribution < 1.29 is 24.2 Å². The van der Waals surface area contributed by atoms with E-state index in [0.29, 0.717) is 17.0 Å². The second-order valence-electron chi connectivity index (χ2n) is 5.98. The quantitative estimate of drug-likeness (QED) is 0.637. The van der Waals surface area contributed by atoms with Crippen LogP contribution < -0.4 is 10.1 Å². The summed E-state index contributed by atoms with van der Waals surface area (Å²) < 4.78 is 10.1. The van der Waals surface area contributed by atoms with Crippen LogP contribution in [0.15, 0.2) is 72.8 Å². The first-order valence-electron chi connectivity index (χ1n) is 8.55. The highest BCUT2D eigenvalue weighted by molar-refractivity contribution is 5.95. The maximum atomic E-state index is 12.1. The van der Waals surface area contributed by atoms with Gasteiger partial charge < -0.3 is 19.9 Å². The minimum Gasteiger partial charge on any atom is -0.508 e. The van der Waals surface area contributed by atoms with E-state index in [1.807, 2.05) is 0 Å². The van der Waals surface area contributed by atoms with Gasteiger partial charge in [0.25, 0.3) is 5.91 Å². The third kappa shape index (κ3) is 4.88. The predicted molar refractivity (Wildman–Crippen MR) is 105 cm³/mol. The highest BCUT2D eigenvalue weighted by atomic mass is 16.5. The summed E-state index contributed by atoms with van der Waals surface area (Å²) in [7, 11) is 1.56. The highest BCUT2D eigenvalue weighted by Crippen LogP contribution is 2.22. The molecule has 0 aliphatic carbocycles. The first kappa shape index (κ1) is 19.0. The zero-order valence-corrected chi connectivity index (χ0v) is 15.2. The summed E-state index contributed by atoms with van der Waals surface area (Å²) in [6.45, 7) is -0.384. The van der Waals surface area contributed by atoms with Gasteiger partial charge in [0, 0.05) is 5.69 Å². The molecule has 2 N–H and O–H groups in total. The van der Waals surface area contributed by atoms with Crippen LogP contribution in [0.1, 0.15) is 10.4 Å². The molecule has 0 aliphatic heterocycles. The van der Waals surface area contributed by atoms with Crippen molar-refractivity contribution in [3.05, 3.63) is 78.4 Å². The van der Waals surface area contributed by atoms with Crippen molar-refractivity contribution >= 4 is 17.6 Å². The molecule has 0 radical (unpaired) electrons. The molecule has 0 bridgehead atoms. The molecule has 0 spiro atoms. The monoisotopic (exact) mass is 377 g/mol. The topological polar surface area (TPSA) is 84.9 Å². The predicted octanol–water partition coefficient (Wildman–Crippen LogP) is 3.86. The van der Waals surface area contributed by atoms with Gasteiger partial charge in [0.15, 0.2) is 6.61 Å². The zero-order valence-electron chi connectivity index (χ0n) is 15.2. The van der Waals surface area contributed by atoms with E-state index in [2.05, 4.69) is 5.32 Å². The number of ether oxygens (including phenoxy) is 2. The van der Waals surface area contributed by atoms with Crippen LogP contribution in [0.4, 0.5) is 5.69 Å². The first-order chi connectivity index (χ1) is 13.5. The summed E-state index contributed by atoms with van der Waals surface area (Å²) in [4.78, 5) is 24.1. The number of methoxy groups -OCH3 is 1. The van der Waals surface area contributed by atoms with Crippen molar-refractivity contribution in [3.63, 3.8) is 0 Å². The molecule has 28 heavy (non-hydrogen) atoms. The molecule has 142 valence electrons. The number of carbonyl (C=O) groups excluding carboxylic acids is 2. The van der Waals surface area contributed by atoms with Gasteiger partial charge >= 0.3 is 5.97 Å². The van der Waals surface area contributed by atoms with E-state index in [0.717, 1.165) is 11.1 Å². The molecule has 0 aliphatic rings. The number of esters is 1. The Balaban J connectivity index is 1.53. The summed E-state index contributed by atoms with van der Waals surface area (Å²) in [5.74, 6) is -0.140. The summed E-state index contributed by atoms with van der Waals surface area (Å²) >= 11 is 0. The van der Waals surface area contributed by atoms with Gasteiger partial charge in [-0.1, -0.05) is 24.3 Å². The molecule has 0 unspecified atom stereocenters. The molecule has 0 fully saturated rings. The van der Waals surface area contributed by atoms with Gasteiger partial charge in [0.2, 0.25) is 0 Å². The second-order valence-corrected chi connectivity index (χ2v) is 5.98. The molecule has 0 saturated carbocycles. The number of phenols is 1. The molecule has 0 atom stereocenters. The number of hydrogen-bond donors (Lipinski definition) is 2. The fourth-order valence-electron chi connectivity index (χ4n) is 2.54. The molecule has 3 rings (SSSR count). The van der Waals surface area contributed by atoms with Crippen LogP contribution in [0.2, 0.25) is 0 Å². The van der Waals surface area contributed by atoms with Gasteiger partial charge in [-0.05, 0) is 59.7 Å². The van der Waals surface area contributed by atoms with E-state index < -0.39 is 11.9 Å². The highest BCUT2D eigenvalue weighted by Gasteiger charge is 2.11. The van der Waals surface area contributed by atoms with Gasteiger partial charge in [-0.15, -0.1) is 0 Å². The third-order valence-corrected chi connectivity index (χ3v) is 4.03. The van der Waals surface area contributed by atoms with Crippen LogP contribution in [-0.2, 0) is 9.53 Å². The Bertz CT molecular complexity index is 948. The van der Waals surface area contributed by atoms with E-state index in [-0.39, 0.29) is 12.4 Å². The molecular formula is C22H19NO5. The van der Waals surface area contributed by atoms with Crippen molar-refractivity contribution in [1.29, 1.82) is 0 Å². The van der Waals surface area contributed by atoms with Crippen molar-refractivity contribution in [2.24, 2.45) is 0 Å². The molecule has 3 aromatic carbocycles. The van der Waals surface area contributed by atoms with Gasteiger partial charge in [-0.2, -0.15) is 0 Å². The lowest BCUT2D eigenvalue weighted by atomic mass is 10.0. The Kier molecular flexibility index (Phi) is 5.91. The van der Waals surface area contributed by atoms with E-state index in [9.17, 15) is 14.7 Å². The number of carbonyl (C=O) groups is 2. The molecule has 6 heteroatoms. The summed E-state index contributed by atoms with van der Waals surface area (Å²) in [5, 5.41) is 12.0. The Hall–Kier alpha value is -3.80. The largest absolute Gasteiger partial charge is 0.508 e. The number of benzene rings is 3. The van der Waals surface area contributed by atoms with Crippen molar-refractivity contribution in [2.45, 2.75) is 0 Å². The first-order valence-corrected chi connectivity index (χ1v) is 8.55. The van der Waals surface area contributed by atoms with Gasteiger partial charge in [0.1, 0.15) is 11.5 Å². The zero-order chi connectivity index (χ0) is 19.9. The number of aromatic hydroxyl groups is 1. The van der Waals surface area contributed by atoms with Crippen LogP contribution in [0.25, 0.3) is 11.1 Å². The van der Waals surface area contributed by atoms with Gasteiger partial charge in [0.05, 0.1) is 12.7 Å². The van der Waals surface area contributed by atoms with E-state index in [1.54, 1.807) is 79.9 Å². The molecule has 6 nitrogen and oxygen atoms in total. The lowest BCUT2D eigenvalue weighted by Gasteiger charge is -2.08. The third-order valence-electron chi connectivity index (χ3n) is 4.03. The fourth-order valence-corrected chi connectivity index (χ4v) is 2.54. The molecule has 0 saturated heterocycles. The number of rotatable bonds is 6. The standard InChI is InChI=1S/C22H19NO5/c1-27-20-12-8-18(9-13-20)23-21(25)14-28-22(26)17-4-2-15(3-5-17)16-6-10-19(24)11-7-16/h2-13,24H,14H2,1H3,(H,23,25). The second kappa shape index (κ2) is 8.73. The van der Waals surface area contributed by atoms with Crippen LogP contribution >= 0.6 is 0 Å². The molecule has 0 aromatic heterocycles. The maximum Gasteiger partial charge on any atom is 0.338 e. The Morgan fingerprint density at radius 2 is 1.43 bits per heavy atom. The number of hydrogen-bond acceptors (Lipinski definition) is 5. The summed E-state index contributed by atoms with van der Waals surface area (Å²) in [6, 6.07) is 20.4. The lowest BCUT2D eigenvalue weighted by Crippen LogP contribution is -2.20. The summed E-state index contributed by atoms with van der Waals surface area (Å²) in [6.07, 6.45) is 0. The number of anilines is 1. The van der Waals surface area contributed by atoms with Crippen molar-refractivity contribution in [1.82, 2.24) is 0 Å². The van der Waals surface area contributed by atoms with E-state index in [1.165, 1.54) is 0 Å². The smallest absolute Gasteiger partial charge is 0.338 e. The lowest BCUT2D eigenvalue weighted by molar-refractivity contribution is -0.119. The molecule has 0 heterocycles. The van der Waals surface area contributed by atoms with Gasteiger partial charge in [-0.25, -0.2) is 4.79 Å². The van der Waals surface area contributed by atoms with E-state index in [4.69, 9.17) is 9.47 Å².